The molecule has 0 saturated carbocycles. The third-order valence-electron chi connectivity index (χ3n) is 3.66. The van der Waals surface area contributed by atoms with Crippen LogP contribution in [0, 0.1) is 24.0 Å². The molecule has 0 radical (unpaired) electrons. The maximum atomic E-state index is 11.7. The van der Waals surface area contributed by atoms with E-state index in [4.69, 9.17) is 4.74 Å². The molecule has 2 rings (SSSR count). The molecule has 0 fully saturated rings. The van der Waals surface area contributed by atoms with E-state index in [0.29, 0.717) is 5.75 Å². The molecule has 0 aliphatic rings. The minimum Gasteiger partial charge on any atom is -0.483 e. The molecule has 0 heterocycles. The smallest absolute Gasteiger partial charge is 0.277 e. The summed E-state index contributed by atoms with van der Waals surface area (Å²) >= 11 is 0. The highest BCUT2D eigenvalue weighted by molar-refractivity contribution is 5.82. The molecule has 2 aromatic carbocycles. The number of hydrogen-bond donors (Lipinski definition) is 1. The number of hydrazone groups is 1. The van der Waals surface area contributed by atoms with E-state index >= 15 is 0 Å². The Morgan fingerprint density at radius 1 is 1.23 bits per heavy atom. The number of nitrogens with zero attached hydrogens (tertiary/aromatic N) is 2. The van der Waals surface area contributed by atoms with Crippen LogP contribution >= 0.6 is 0 Å². The third kappa shape index (κ3) is 5.55. The van der Waals surface area contributed by atoms with Crippen LogP contribution in [0.5, 0.6) is 5.75 Å². The zero-order valence-electron chi connectivity index (χ0n) is 14.5. The van der Waals surface area contributed by atoms with Gasteiger partial charge in [0.1, 0.15) is 5.75 Å². The van der Waals surface area contributed by atoms with Gasteiger partial charge in [-0.2, -0.15) is 5.10 Å². The SMILES string of the molecule is Cc1cccc(OCC(=O)N/N=C/C=C/c2ccc([N+](=O)[O-])cc2)c1C. The monoisotopic (exact) mass is 353 g/mol. The molecule has 0 aliphatic heterocycles. The van der Waals surface area contributed by atoms with Gasteiger partial charge in [0, 0.05) is 18.3 Å². The van der Waals surface area contributed by atoms with Crippen molar-refractivity contribution in [2.45, 2.75) is 13.8 Å². The molecular weight excluding hydrogens is 334 g/mol. The molecule has 7 nitrogen and oxygen atoms in total. The number of benzene rings is 2. The molecular formula is C19H19N3O4. The van der Waals surface area contributed by atoms with Crippen molar-refractivity contribution < 1.29 is 14.5 Å². The van der Waals surface area contributed by atoms with Crippen LogP contribution in [0.25, 0.3) is 6.08 Å². The molecule has 26 heavy (non-hydrogen) atoms. The Kier molecular flexibility index (Phi) is 6.61. The molecule has 1 amide bonds. The van der Waals surface area contributed by atoms with E-state index in [9.17, 15) is 14.9 Å². The number of ether oxygens (including phenoxy) is 1. The van der Waals surface area contributed by atoms with Gasteiger partial charge in [0.25, 0.3) is 11.6 Å². The standard InChI is InChI=1S/C19H19N3O4/c1-14-5-3-7-18(15(14)2)26-13-19(23)21-20-12-4-6-16-8-10-17(11-9-16)22(24)25/h3-12H,13H2,1-2H3,(H,21,23)/b6-4+,20-12+. The fraction of sp³-hybridized carbons (Fsp3) is 0.158. The van der Waals surface area contributed by atoms with E-state index in [2.05, 4.69) is 10.5 Å². The number of rotatable bonds is 7. The van der Waals surface area contributed by atoms with Gasteiger partial charge in [-0.05, 0) is 54.8 Å². The van der Waals surface area contributed by atoms with Gasteiger partial charge in [0.05, 0.1) is 4.92 Å². The van der Waals surface area contributed by atoms with Gasteiger partial charge >= 0.3 is 0 Å². The first-order valence-corrected chi connectivity index (χ1v) is 7.89. The summed E-state index contributed by atoms with van der Waals surface area (Å²) < 4.78 is 5.48. The second-order valence-electron chi connectivity index (χ2n) is 5.51. The summed E-state index contributed by atoms with van der Waals surface area (Å²) in [5.41, 5.74) is 5.27. The topological polar surface area (TPSA) is 93.8 Å². The molecule has 134 valence electrons. The summed E-state index contributed by atoms with van der Waals surface area (Å²) in [4.78, 5) is 21.8. The molecule has 0 aromatic heterocycles. The Balaban J connectivity index is 1.77. The number of non-ortho nitro benzene ring substituents is 1. The Morgan fingerprint density at radius 2 is 1.96 bits per heavy atom. The summed E-state index contributed by atoms with van der Waals surface area (Å²) in [5.74, 6) is 0.299. The number of carbonyl (C=O) groups excluding carboxylic acids is 1. The number of nitro benzene ring substituents is 1. The zero-order valence-corrected chi connectivity index (χ0v) is 14.5. The minimum atomic E-state index is -0.454. The maximum absolute atomic E-state index is 11.7. The number of nitro groups is 1. The van der Waals surface area contributed by atoms with Crippen LogP contribution in [-0.4, -0.2) is 23.7 Å². The first-order chi connectivity index (χ1) is 12.5. The first-order valence-electron chi connectivity index (χ1n) is 7.89. The predicted molar refractivity (Wildman–Crippen MR) is 100 cm³/mol. The van der Waals surface area contributed by atoms with Crippen molar-refractivity contribution >= 4 is 23.9 Å². The van der Waals surface area contributed by atoms with E-state index in [1.165, 1.54) is 18.3 Å². The Morgan fingerprint density at radius 3 is 2.65 bits per heavy atom. The normalized spacial score (nSPS) is 11.0. The van der Waals surface area contributed by atoms with E-state index in [1.54, 1.807) is 24.3 Å². The molecule has 0 unspecified atom stereocenters. The Labute approximate surface area is 151 Å². The number of amides is 1. The largest absolute Gasteiger partial charge is 0.483 e. The van der Waals surface area contributed by atoms with E-state index < -0.39 is 4.92 Å². The summed E-state index contributed by atoms with van der Waals surface area (Å²) in [6, 6.07) is 11.7. The lowest BCUT2D eigenvalue weighted by atomic mass is 10.1. The lowest BCUT2D eigenvalue weighted by Crippen LogP contribution is -2.24. The average molecular weight is 353 g/mol. The number of carbonyl (C=O) groups is 1. The Bertz CT molecular complexity index is 842. The van der Waals surface area contributed by atoms with Crippen LogP contribution in [0.4, 0.5) is 5.69 Å². The molecule has 1 N–H and O–H groups in total. The lowest BCUT2D eigenvalue weighted by Gasteiger charge is -2.09. The van der Waals surface area contributed by atoms with Crippen LogP contribution in [0.15, 0.2) is 53.6 Å². The van der Waals surface area contributed by atoms with Gasteiger partial charge in [-0.25, -0.2) is 5.43 Å². The van der Waals surface area contributed by atoms with Crippen molar-refractivity contribution in [3.8, 4) is 5.75 Å². The fourth-order valence-corrected chi connectivity index (χ4v) is 2.07. The van der Waals surface area contributed by atoms with E-state index in [-0.39, 0.29) is 18.2 Å². The maximum Gasteiger partial charge on any atom is 0.277 e. The molecule has 0 atom stereocenters. The fourth-order valence-electron chi connectivity index (χ4n) is 2.07. The summed E-state index contributed by atoms with van der Waals surface area (Å²) in [6.07, 6.45) is 4.75. The molecule has 0 saturated heterocycles. The van der Waals surface area contributed by atoms with Gasteiger partial charge in [-0.15, -0.1) is 0 Å². The second-order valence-corrected chi connectivity index (χ2v) is 5.51. The van der Waals surface area contributed by atoms with Gasteiger partial charge in [-0.3, -0.25) is 14.9 Å². The van der Waals surface area contributed by atoms with Crippen molar-refractivity contribution in [3.05, 3.63) is 75.3 Å². The van der Waals surface area contributed by atoms with Gasteiger partial charge in [0.2, 0.25) is 0 Å². The number of hydrogen-bond acceptors (Lipinski definition) is 5. The van der Waals surface area contributed by atoms with Gasteiger partial charge < -0.3 is 4.74 Å². The number of aryl methyl sites for hydroxylation is 1. The quantitative estimate of drug-likeness (QED) is 0.469. The summed E-state index contributed by atoms with van der Waals surface area (Å²) in [6.45, 7) is 3.78. The van der Waals surface area contributed by atoms with Crippen LogP contribution in [-0.2, 0) is 4.79 Å². The lowest BCUT2D eigenvalue weighted by molar-refractivity contribution is -0.384. The minimum absolute atomic E-state index is 0.0342. The van der Waals surface area contributed by atoms with Crippen molar-refractivity contribution in [1.82, 2.24) is 5.43 Å². The van der Waals surface area contributed by atoms with Gasteiger partial charge in [0.15, 0.2) is 6.61 Å². The number of nitrogens with one attached hydrogen (secondary N) is 1. The van der Waals surface area contributed by atoms with E-state index in [1.807, 2.05) is 32.0 Å². The average Bonchev–Trinajstić information content (AvgIpc) is 2.63. The van der Waals surface area contributed by atoms with Crippen LogP contribution in [0.2, 0.25) is 0 Å². The third-order valence-corrected chi connectivity index (χ3v) is 3.66. The first kappa shape index (κ1) is 18.9. The molecule has 0 aliphatic carbocycles. The van der Waals surface area contributed by atoms with Gasteiger partial charge in [-0.1, -0.05) is 18.2 Å². The van der Waals surface area contributed by atoms with Crippen molar-refractivity contribution in [2.75, 3.05) is 6.61 Å². The highest BCUT2D eigenvalue weighted by Crippen LogP contribution is 2.20. The van der Waals surface area contributed by atoms with Crippen LogP contribution in [0.1, 0.15) is 16.7 Å². The Hall–Kier alpha value is -3.48. The molecule has 2 aromatic rings. The van der Waals surface area contributed by atoms with Crippen molar-refractivity contribution in [1.29, 1.82) is 0 Å². The highest BCUT2D eigenvalue weighted by Gasteiger charge is 2.05. The predicted octanol–water partition coefficient (Wildman–Crippen LogP) is 3.41. The highest BCUT2D eigenvalue weighted by atomic mass is 16.6. The zero-order chi connectivity index (χ0) is 18.9. The van der Waals surface area contributed by atoms with Crippen LogP contribution in [0.3, 0.4) is 0 Å². The van der Waals surface area contributed by atoms with Crippen LogP contribution < -0.4 is 10.2 Å². The summed E-state index contributed by atoms with van der Waals surface area (Å²) in [7, 11) is 0. The molecule has 0 bridgehead atoms. The van der Waals surface area contributed by atoms with E-state index in [0.717, 1.165) is 16.7 Å². The van der Waals surface area contributed by atoms with Crippen molar-refractivity contribution in [3.63, 3.8) is 0 Å². The number of allylic oxidation sites excluding steroid dienone is 1. The molecule has 7 heteroatoms. The second kappa shape index (κ2) is 9.12. The van der Waals surface area contributed by atoms with Crippen molar-refractivity contribution in [2.24, 2.45) is 5.10 Å². The summed E-state index contributed by atoms with van der Waals surface area (Å²) in [5, 5.41) is 14.4. The molecule has 0 spiro atoms.